The number of amides is 1. The van der Waals surface area contributed by atoms with Crippen LogP contribution in [0, 0.1) is 11.3 Å². The van der Waals surface area contributed by atoms with Crippen LogP contribution in [0.25, 0.3) is 0 Å². The summed E-state index contributed by atoms with van der Waals surface area (Å²) in [6.07, 6.45) is -1.29. The van der Waals surface area contributed by atoms with Gasteiger partial charge in [0, 0.05) is 18.9 Å². The summed E-state index contributed by atoms with van der Waals surface area (Å²) in [5, 5.41) is 10.5. The van der Waals surface area contributed by atoms with Gasteiger partial charge in [-0.25, -0.2) is 4.79 Å². The monoisotopic (exact) mass is 418 g/mol. The van der Waals surface area contributed by atoms with Crippen molar-refractivity contribution in [3.05, 3.63) is 33.8 Å². The first-order chi connectivity index (χ1) is 12.0. The quantitative estimate of drug-likeness (QED) is 0.692. The summed E-state index contributed by atoms with van der Waals surface area (Å²) < 4.78 is 6.43. The van der Waals surface area contributed by atoms with Crippen LogP contribution < -0.4 is 5.73 Å². The molecule has 1 heterocycles. The first-order valence-electron chi connectivity index (χ1n) is 8.35. The lowest BCUT2D eigenvalue weighted by Gasteiger charge is -2.34. The smallest absolute Gasteiger partial charge is 0.407 e. The Morgan fingerprint density at radius 2 is 2.00 bits per heavy atom. The number of carbonyl (C=O) groups is 1. The van der Waals surface area contributed by atoms with Crippen LogP contribution in [-0.4, -0.2) is 40.3 Å². The van der Waals surface area contributed by atoms with Crippen LogP contribution in [0.1, 0.15) is 38.9 Å². The molecule has 1 aliphatic rings. The summed E-state index contributed by atoms with van der Waals surface area (Å²) in [4.78, 5) is 13.4. The third-order valence-electron chi connectivity index (χ3n) is 4.55. The molecular weight excluding hydrogens is 395 g/mol. The molecule has 1 amide bonds. The summed E-state index contributed by atoms with van der Waals surface area (Å²) in [6.45, 7) is 6.64. The summed E-state index contributed by atoms with van der Waals surface area (Å²) in [7, 11) is 0. The van der Waals surface area contributed by atoms with Gasteiger partial charge in [-0.3, -0.25) is 0 Å². The number of rotatable bonds is 3. The van der Waals surface area contributed by atoms with Crippen molar-refractivity contribution >= 4 is 46.5 Å². The van der Waals surface area contributed by atoms with Gasteiger partial charge in [-0.2, -0.15) is 0 Å². The Hall–Kier alpha value is -1.08. The number of nitrogens with zero attached hydrogens (tertiary/aromatic N) is 1. The number of carboxylic acid groups (broad SMARTS) is 1. The number of hydrogen-bond acceptors (Lipinski definition) is 3. The van der Waals surface area contributed by atoms with Crippen LogP contribution in [0.15, 0.2) is 18.2 Å². The molecule has 8 heteroatoms. The molecule has 3 N–H and O–H groups in total. The van der Waals surface area contributed by atoms with Gasteiger partial charge in [0.1, 0.15) is 0 Å². The molecule has 2 rings (SSSR count). The Balaban J connectivity index is 2.48. The van der Waals surface area contributed by atoms with Gasteiger partial charge in [0.15, 0.2) is 0 Å². The van der Waals surface area contributed by atoms with E-state index in [4.69, 9.17) is 45.9 Å². The van der Waals surface area contributed by atoms with E-state index in [1.807, 2.05) is 26.8 Å². The second-order valence-electron chi connectivity index (χ2n) is 7.70. The van der Waals surface area contributed by atoms with Crippen LogP contribution in [0.4, 0.5) is 4.79 Å². The largest absolute Gasteiger partial charge is 0.465 e. The molecule has 0 radical (unpaired) electrons. The molecule has 26 heavy (non-hydrogen) atoms. The lowest BCUT2D eigenvalue weighted by atomic mass is 9.88. The molecule has 3 atom stereocenters. The van der Waals surface area contributed by atoms with E-state index in [0.29, 0.717) is 21.5 Å². The molecule has 1 unspecified atom stereocenters. The Bertz CT molecular complexity index is 694. The van der Waals surface area contributed by atoms with Gasteiger partial charge in [0.05, 0.1) is 33.8 Å². The van der Waals surface area contributed by atoms with E-state index in [9.17, 15) is 9.90 Å². The Morgan fingerprint density at radius 1 is 1.35 bits per heavy atom. The number of hydrogen-bond donors (Lipinski definition) is 2. The summed E-state index contributed by atoms with van der Waals surface area (Å²) in [5.74, 6) is -0.215. The molecule has 1 fully saturated rings. The normalized spacial score (nSPS) is 24.2. The van der Waals surface area contributed by atoms with E-state index in [2.05, 4.69) is 0 Å². The molecule has 0 aliphatic carbocycles. The zero-order valence-electron chi connectivity index (χ0n) is 15.0. The molecule has 1 aromatic carbocycles. The molecule has 144 valence electrons. The number of thiocarbonyl (C=S) groups is 1. The van der Waals surface area contributed by atoms with Gasteiger partial charge < -0.3 is 20.5 Å². The first kappa shape index (κ1) is 21.2. The van der Waals surface area contributed by atoms with Crippen molar-refractivity contribution < 1.29 is 14.6 Å². The standard InChI is InChI=1S/C18H24Cl2N2O3S/c1-18(2,3)14-9-22(17(23)24)8-11(7-15(21)26)16(25-14)10-4-5-12(19)13(20)6-10/h4-6,11,14,16H,7-9H2,1-3H3,(H2,21,26)(H,23,24)/t11-,14?,16+/m1/s1. The van der Waals surface area contributed by atoms with Gasteiger partial charge in [-0.05, 0) is 23.1 Å². The van der Waals surface area contributed by atoms with Crippen molar-refractivity contribution in [2.24, 2.45) is 17.1 Å². The highest BCUT2D eigenvalue weighted by atomic mass is 35.5. The fourth-order valence-electron chi connectivity index (χ4n) is 3.09. The Labute approximate surface area is 169 Å². The van der Waals surface area contributed by atoms with E-state index in [-0.39, 0.29) is 36.6 Å². The fraction of sp³-hybridized carbons (Fsp3) is 0.556. The van der Waals surface area contributed by atoms with Crippen molar-refractivity contribution in [1.82, 2.24) is 4.90 Å². The van der Waals surface area contributed by atoms with Crippen LogP contribution in [0.2, 0.25) is 10.0 Å². The fourth-order valence-corrected chi connectivity index (χ4v) is 3.61. The van der Waals surface area contributed by atoms with E-state index in [1.165, 1.54) is 4.90 Å². The maximum Gasteiger partial charge on any atom is 0.407 e. The molecule has 0 saturated carbocycles. The van der Waals surface area contributed by atoms with Crippen LogP contribution >= 0.6 is 35.4 Å². The maximum atomic E-state index is 11.7. The Kier molecular flexibility index (Phi) is 6.77. The molecule has 0 bridgehead atoms. The van der Waals surface area contributed by atoms with Gasteiger partial charge in [-0.15, -0.1) is 0 Å². The SMILES string of the molecule is CC(C)(C)C1CN(C(=O)O)C[C@@H](CC(N)=S)[C@H](c2ccc(Cl)c(Cl)c2)O1. The minimum absolute atomic E-state index is 0.215. The van der Waals surface area contributed by atoms with Gasteiger partial charge in [-0.1, -0.05) is 62.3 Å². The van der Waals surface area contributed by atoms with Crippen LogP contribution in [0.5, 0.6) is 0 Å². The van der Waals surface area contributed by atoms with E-state index in [0.717, 1.165) is 5.56 Å². The third kappa shape index (κ3) is 5.22. The van der Waals surface area contributed by atoms with Crippen LogP contribution in [-0.2, 0) is 4.74 Å². The first-order valence-corrected chi connectivity index (χ1v) is 9.52. The summed E-state index contributed by atoms with van der Waals surface area (Å²) >= 11 is 17.3. The number of benzene rings is 1. The molecule has 1 aromatic rings. The maximum absolute atomic E-state index is 11.7. The molecule has 0 spiro atoms. The number of nitrogens with two attached hydrogens (primary N) is 1. The predicted molar refractivity (Wildman–Crippen MR) is 108 cm³/mol. The van der Waals surface area contributed by atoms with Crippen molar-refractivity contribution in [2.75, 3.05) is 13.1 Å². The minimum atomic E-state index is -0.981. The second-order valence-corrected chi connectivity index (χ2v) is 9.04. The van der Waals surface area contributed by atoms with Crippen molar-refractivity contribution in [1.29, 1.82) is 0 Å². The zero-order valence-corrected chi connectivity index (χ0v) is 17.4. The number of ether oxygens (including phenoxy) is 1. The predicted octanol–water partition coefficient (Wildman–Crippen LogP) is 4.75. The number of halogens is 2. The lowest BCUT2D eigenvalue weighted by Crippen LogP contribution is -2.42. The average Bonchev–Trinajstić information content (AvgIpc) is 2.69. The van der Waals surface area contributed by atoms with Gasteiger partial charge in [0.25, 0.3) is 0 Å². The minimum Gasteiger partial charge on any atom is -0.465 e. The van der Waals surface area contributed by atoms with Crippen molar-refractivity contribution in [3.8, 4) is 0 Å². The molecule has 1 aliphatic heterocycles. The zero-order chi connectivity index (χ0) is 19.6. The summed E-state index contributed by atoms with van der Waals surface area (Å²) in [6, 6.07) is 5.32. The third-order valence-corrected chi connectivity index (χ3v) is 5.46. The van der Waals surface area contributed by atoms with E-state index in [1.54, 1.807) is 12.1 Å². The second kappa shape index (κ2) is 8.30. The lowest BCUT2D eigenvalue weighted by molar-refractivity contribution is -0.0760. The van der Waals surface area contributed by atoms with E-state index < -0.39 is 6.09 Å². The average molecular weight is 419 g/mol. The molecule has 0 aromatic heterocycles. The van der Waals surface area contributed by atoms with Gasteiger partial charge >= 0.3 is 6.09 Å². The van der Waals surface area contributed by atoms with Gasteiger partial charge in [0.2, 0.25) is 0 Å². The molecular formula is C18H24Cl2N2O3S. The van der Waals surface area contributed by atoms with Crippen molar-refractivity contribution in [2.45, 2.75) is 39.4 Å². The topological polar surface area (TPSA) is 75.8 Å². The summed E-state index contributed by atoms with van der Waals surface area (Å²) in [5.41, 5.74) is 6.36. The van der Waals surface area contributed by atoms with Crippen LogP contribution in [0.3, 0.4) is 0 Å². The molecule has 5 nitrogen and oxygen atoms in total. The highest BCUT2D eigenvalue weighted by molar-refractivity contribution is 7.80. The Morgan fingerprint density at radius 3 is 2.50 bits per heavy atom. The van der Waals surface area contributed by atoms with Crippen molar-refractivity contribution in [3.63, 3.8) is 0 Å². The highest BCUT2D eigenvalue weighted by Gasteiger charge is 2.39. The molecule has 1 saturated heterocycles. The van der Waals surface area contributed by atoms with E-state index >= 15 is 0 Å². The highest BCUT2D eigenvalue weighted by Crippen LogP contribution is 2.39.